The van der Waals surface area contributed by atoms with Gasteiger partial charge in [-0.25, -0.2) is 0 Å². The second-order valence-corrected chi connectivity index (χ2v) is 2.08. The van der Waals surface area contributed by atoms with Gasteiger partial charge >= 0.3 is 0 Å². The van der Waals surface area contributed by atoms with Gasteiger partial charge in [-0.2, -0.15) is 0 Å². The number of hydrogen-bond donors (Lipinski definition) is 1. The lowest BCUT2D eigenvalue weighted by molar-refractivity contribution is 1.05. The number of rotatable bonds is 1. The number of pyridine rings is 1. The first kappa shape index (κ1) is 6.74. The van der Waals surface area contributed by atoms with Crippen molar-refractivity contribution in [1.29, 1.82) is 5.41 Å². The molecule has 0 fully saturated rings. The van der Waals surface area contributed by atoms with Crippen LogP contribution in [0, 0.1) is 12.3 Å². The summed E-state index contributed by atoms with van der Waals surface area (Å²) in [5, 5.41) is 6.82. The van der Waals surface area contributed by atoms with Gasteiger partial charge in [-0.05, 0) is 12.5 Å². The summed E-state index contributed by atoms with van der Waals surface area (Å²) in [6.45, 7) is 1.87. The second kappa shape index (κ2) is 2.47. The first-order valence-corrected chi connectivity index (χ1v) is 2.93. The smallest absolute Gasteiger partial charge is 0.255 e. The van der Waals surface area contributed by atoms with Crippen LogP contribution < -0.4 is 5.56 Å². The minimum absolute atomic E-state index is 0.166. The van der Waals surface area contributed by atoms with Gasteiger partial charge in [0.15, 0.2) is 0 Å². The molecule has 52 valence electrons. The van der Waals surface area contributed by atoms with E-state index < -0.39 is 0 Å². The second-order valence-electron chi connectivity index (χ2n) is 2.08. The Labute approximate surface area is 58.4 Å². The number of hydrogen-bond acceptors (Lipinski definition) is 2. The summed E-state index contributed by atoms with van der Waals surface area (Å²) in [7, 11) is 0. The molecule has 1 N–H and O–H groups in total. The van der Waals surface area contributed by atoms with Crippen molar-refractivity contribution >= 4 is 6.34 Å². The quantitative estimate of drug-likeness (QED) is 0.446. The van der Waals surface area contributed by atoms with Crippen molar-refractivity contribution < 1.29 is 0 Å². The highest BCUT2D eigenvalue weighted by molar-refractivity contribution is 5.54. The van der Waals surface area contributed by atoms with E-state index in [0.717, 1.165) is 11.9 Å². The molecule has 0 aliphatic rings. The highest BCUT2D eigenvalue weighted by Crippen LogP contribution is 1.88. The van der Waals surface area contributed by atoms with Crippen LogP contribution in [0.1, 0.15) is 5.56 Å². The van der Waals surface area contributed by atoms with Crippen LogP contribution in [0.5, 0.6) is 0 Å². The predicted molar refractivity (Wildman–Crippen MR) is 39.6 cm³/mol. The molecule has 0 saturated heterocycles. The van der Waals surface area contributed by atoms with Crippen LogP contribution in [0.2, 0.25) is 0 Å². The Morgan fingerprint density at radius 1 is 1.60 bits per heavy atom. The Bertz CT molecular complexity index is 301. The zero-order valence-electron chi connectivity index (χ0n) is 5.66. The molecule has 0 spiro atoms. The van der Waals surface area contributed by atoms with Crippen molar-refractivity contribution in [3.63, 3.8) is 0 Å². The average molecular weight is 136 g/mol. The summed E-state index contributed by atoms with van der Waals surface area (Å²) in [5.74, 6) is 0. The molecule has 0 aliphatic heterocycles. The molecule has 0 aromatic carbocycles. The Balaban J connectivity index is 3.35. The molecule has 10 heavy (non-hydrogen) atoms. The Kier molecular flexibility index (Phi) is 1.67. The third kappa shape index (κ3) is 1.13. The van der Waals surface area contributed by atoms with Gasteiger partial charge in [-0.15, -0.1) is 0 Å². The molecule has 1 rings (SSSR count). The molecule has 0 atom stereocenters. The first-order valence-electron chi connectivity index (χ1n) is 2.93. The largest absolute Gasteiger partial charge is 0.291 e. The summed E-state index contributed by atoms with van der Waals surface area (Å²) in [4.78, 5) is 10.8. The topological polar surface area (TPSA) is 45.9 Å². The van der Waals surface area contributed by atoms with E-state index in [1.807, 2.05) is 6.92 Å². The minimum atomic E-state index is -0.166. The Morgan fingerprint density at radius 3 is 2.80 bits per heavy atom. The third-order valence-corrected chi connectivity index (χ3v) is 1.23. The van der Waals surface area contributed by atoms with Crippen molar-refractivity contribution in [3.05, 3.63) is 34.2 Å². The number of nitrogens with one attached hydrogen (secondary N) is 1. The van der Waals surface area contributed by atoms with E-state index >= 15 is 0 Å². The van der Waals surface area contributed by atoms with Gasteiger partial charge in [0.05, 0.1) is 6.34 Å². The molecule has 1 aromatic rings. The van der Waals surface area contributed by atoms with Crippen molar-refractivity contribution in [3.8, 4) is 0 Å². The average Bonchev–Trinajstić information content (AvgIpc) is 1.94. The summed E-state index contributed by atoms with van der Waals surface area (Å²) in [5.41, 5.74) is 0.809. The molecule has 0 saturated carbocycles. The molecule has 0 bridgehead atoms. The van der Waals surface area contributed by atoms with Gasteiger partial charge in [0.2, 0.25) is 0 Å². The molecular weight excluding hydrogens is 128 g/mol. The number of aromatic nitrogens is 1. The van der Waals surface area contributed by atoms with Crippen molar-refractivity contribution in [2.75, 3.05) is 0 Å². The van der Waals surface area contributed by atoms with Gasteiger partial charge in [-0.3, -0.25) is 14.8 Å². The molecule has 1 aromatic heterocycles. The highest BCUT2D eigenvalue weighted by atomic mass is 16.1. The van der Waals surface area contributed by atoms with Crippen LogP contribution >= 0.6 is 0 Å². The van der Waals surface area contributed by atoms with E-state index in [-0.39, 0.29) is 5.56 Å². The first-order chi connectivity index (χ1) is 4.74. The van der Waals surface area contributed by atoms with Crippen LogP contribution in [0.3, 0.4) is 0 Å². The molecule has 0 unspecified atom stereocenters. The zero-order valence-corrected chi connectivity index (χ0v) is 5.66. The van der Waals surface area contributed by atoms with E-state index in [0.29, 0.717) is 0 Å². The van der Waals surface area contributed by atoms with E-state index in [9.17, 15) is 4.79 Å². The van der Waals surface area contributed by atoms with E-state index in [4.69, 9.17) is 5.41 Å². The summed E-state index contributed by atoms with van der Waals surface area (Å²) < 4.78 is 1.23. The van der Waals surface area contributed by atoms with Crippen LogP contribution in [0.25, 0.3) is 0 Å². The number of aryl methyl sites for hydroxylation is 1. The van der Waals surface area contributed by atoms with Gasteiger partial charge in [0.25, 0.3) is 5.56 Å². The third-order valence-electron chi connectivity index (χ3n) is 1.23. The zero-order chi connectivity index (χ0) is 7.56. The highest BCUT2D eigenvalue weighted by Gasteiger charge is 1.89. The maximum Gasteiger partial charge on any atom is 0.255 e. The number of nitrogens with zero attached hydrogens (tertiary/aromatic N) is 1. The lowest BCUT2D eigenvalue weighted by atomic mass is 10.3. The van der Waals surface area contributed by atoms with Crippen molar-refractivity contribution in [1.82, 2.24) is 4.57 Å². The molecule has 0 radical (unpaired) electrons. The monoisotopic (exact) mass is 136 g/mol. The van der Waals surface area contributed by atoms with Gasteiger partial charge in [0.1, 0.15) is 0 Å². The molecule has 1 heterocycles. The fraction of sp³-hybridized carbons (Fsp3) is 0.143. The van der Waals surface area contributed by atoms with Gasteiger partial charge in [-0.1, -0.05) is 6.07 Å². The summed E-state index contributed by atoms with van der Waals surface area (Å²) in [6.07, 6.45) is 2.62. The van der Waals surface area contributed by atoms with Gasteiger partial charge < -0.3 is 0 Å². The molecule has 3 nitrogen and oxygen atoms in total. The maximum atomic E-state index is 10.8. The molecule has 3 heteroatoms. The van der Waals surface area contributed by atoms with Crippen molar-refractivity contribution in [2.45, 2.75) is 6.92 Å². The van der Waals surface area contributed by atoms with Crippen LogP contribution in [-0.2, 0) is 0 Å². The summed E-state index contributed by atoms with van der Waals surface area (Å²) >= 11 is 0. The Morgan fingerprint density at radius 2 is 2.30 bits per heavy atom. The lowest BCUT2D eigenvalue weighted by Crippen LogP contribution is -2.17. The fourth-order valence-electron chi connectivity index (χ4n) is 0.716. The van der Waals surface area contributed by atoms with Crippen LogP contribution in [0.4, 0.5) is 0 Å². The maximum absolute atomic E-state index is 10.8. The standard InChI is InChI=1S/C7H8N2O/c1-6-2-3-7(10)9(4-6)5-8/h2-5,8H,1H3. The van der Waals surface area contributed by atoms with Crippen LogP contribution in [0.15, 0.2) is 23.1 Å². The lowest BCUT2D eigenvalue weighted by Gasteiger charge is -1.95. The van der Waals surface area contributed by atoms with Crippen LogP contribution in [-0.4, -0.2) is 10.9 Å². The van der Waals surface area contributed by atoms with E-state index in [2.05, 4.69) is 0 Å². The molecular formula is C7H8N2O. The predicted octanol–water partition coefficient (Wildman–Crippen LogP) is 0.612. The van der Waals surface area contributed by atoms with E-state index in [1.54, 1.807) is 12.3 Å². The SMILES string of the molecule is Cc1ccc(=O)n(C=N)c1. The minimum Gasteiger partial charge on any atom is -0.291 e. The molecule has 0 aliphatic carbocycles. The fourth-order valence-corrected chi connectivity index (χ4v) is 0.716. The van der Waals surface area contributed by atoms with E-state index in [1.165, 1.54) is 10.6 Å². The summed E-state index contributed by atoms with van der Waals surface area (Å²) in [6, 6.07) is 3.17. The van der Waals surface area contributed by atoms with Crippen molar-refractivity contribution in [2.24, 2.45) is 0 Å². The molecule has 0 amide bonds. The Hall–Kier alpha value is -1.38. The normalized spacial score (nSPS) is 9.30. The van der Waals surface area contributed by atoms with Gasteiger partial charge in [0, 0.05) is 12.3 Å².